The zero-order valence-electron chi connectivity index (χ0n) is 5.51. The summed E-state index contributed by atoms with van der Waals surface area (Å²) >= 11 is 2.92. The first kappa shape index (κ1) is 8.15. The Balaban J connectivity index is 3.08. The van der Waals surface area contributed by atoms with Crippen LogP contribution in [0.1, 0.15) is 5.56 Å². The van der Waals surface area contributed by atoms with Gasteiger partial charge >= 0.3 is 0 Å². The molecule has 0 spiro atoms. The monoisotopic (exact) mass is 214 g/mol. The smallest absolute Gasteiger partial charge is 0.160 e. The van der Waals surface area contributed by atoms with Crippen molar-refractivity contribution in [3.63, 3.8) is 0 Å². The summed E-state index contributed by atoms with van der Waals surface area (Å²) in [6, 6.07) is 3.35. The van der Waals surface area contributed by atoms with E-state index in [1.54, 1.807) is 0 Å². The van der Waals surface area contributed by atoms with E-state index in [2.05, 4.69) is 20.9 Å². The van der Waals surface area contributed by atoms with Gasteiger partial charge in [0.1, 0.15) is 4.60 Å². The lowest BCUT2D eigenvalue weighted by Gasteiger charge is -1.97. The predicted octanol–water partition coefficient (Wildman–Crippen LogP) is 2.05. The minimum absolute atomic E-state index is 0.0763. The molecule has 11 heavy (non-hydrogen) atoms. The van der Waals surface area contributed by atoms with Gasteiger partial charge in [-0.05, 0) is 22.0 Å². The summed E-state index contributed by atoms with van der Waals surface area (Å²) in [4.78, 5) is 3.65. The molecule has 0 atom stereocenters. The Labute approximate surface area is 71.8 Å². The van der Waals surface area contributed by atoms with Gasteiger partial charge in [-0.25, -0.2) is 9.37 Å². The van der Waals surface area contributed by atoms with Gasteiger partial charge in [0.15, 0.2) is 5.82 Å². The van der Waals surface area contributed by atoms with E-state index in [1.165, 1.54) is 12.3 Å². The van der Waals surface area contributed by atoms with Gasteiger partial charge in [0.25, 0.3) is 0 Å². The Morgan fingerprint density at radius 2 is 2.45 bits per heavy atom. The van der Waals surface area contributed by atoms with Crippen LogP contribution in [-0.2, 0) is 6.42 Å². The summed E-state index contributed by atoms with van der Waals surface area (Å²) in [5, 5.41) is 8.28. The molecule has 56 valence electrons. The third-order valence-corrected chi connectivity index (χ3v) is 1.75. The molecule has 0 aliphatic rings. The topological polar surface area (TPSA) is 36.7 Å². The highest BCUT2D eigenvalue weighted by Crippen LogP contribution is 2.15. The molecule has 0 amide bonds. The van der Waals surface area contributed by atoms with E-state index in [9.17, 15) is 4.39 Å². The molecule has 0 aliphatic carbocycles. The summed E-state index contributed by atoms with van der Waals surface area (Å²) in [5.74, 6) is -0.450. The fourth-order valence-electron chi connectivity index (χ4n) is 0.677. The quantitative estimate of drug-likeness (QED) is 0.672. The summed E-state index contributed by atoms with van der Waals surface area (Å²) in [5.41, 5.74) is 0.370. The molecule has 0 radical (unpaired) electrons. The molecule has 0 aromatic carbocycles. The Hall–Kier alpha value is -0.950. The molecule has 0 N–H and O–H groups in total. The van der Waals surface area contributed by atoms with Crippen LogP contribution in [0.3, 0.4) is 0 Å². The van der Waals surface area contributed by atoms with Gasteiger partial charge in [0.05, 0.1) is 12.5 Å². The maximum absolute atomic E-state index is 12.9. The van der Waals surface area contributed by atoms with Crippen molar-refractivity contribution in [1.82, 2.24) is 4.98 Å². The number of aromatic nitrogens is 1. The van der Waals surface area contributed by atoms with Crippen molar-refractivity contribution in [1.29, 1.82) is 5.26 Å². The number of hydrogen-bond acceptors (Lipinski definition) is 2. The minimum atomic E-state index is -0.450. The molecule has 1 aromatic rings. The zero-order valence-corrected chi connectivity index (χ0v) is 7.10. The molecule has 0 aliphatic heterocycles. The number of nitriles is 1. The Bertz CT molecular complexity index is 306. The van der Waals surface area contributed by atoms with E-state index in [4.69, 9.17) is 5.26 Å². The zero-order chi connectivity index (χ0) is 8.27. The SMILES string of the molecule is N#CCc1ccnc(Br)c1F. The number of nitrogens with zero attached hydrogens (tertiary/aromatic N) is 2. The molecule has 4 heteroatoms. The van der Waals surface area contributed by atoms with Crippen molar-refractivity contribution >= 4 is 15.9 Å². The van der Waals surface area contributed by atoms with Gasteiger partial charge in [-0.15, -0.1) is 0 Å². The van der Waals surface area contributed by atoms with Gasteiger partial charge < -0.3 is 0 Å². The van der Waals surface area contributed by atoms with Crippen LogP contribution < -0.4 is 0 Å². The maximum atomic E-state index is 12.9. The van der Waals surface area contributed by atoms with E-state index >= 15 is 0 Å². The maximum Gasteiger partial charge on any atom is 0.160 e. The van der Waals surface area contributed by atoms with Crippen LogP contribution in [0.15, 0.2) is 16.9 Å². The average molecular weight is 215 g/mol. The Morgan fingerprint density at radius 3 is 3.09 bits per heavy atom. The second-order valence-electron chi connectivity index (χ2n) is 1.91. The van der Waals surface area contributed by atoms with Crippen molar-refractivity contribution in [2.24, 2.45) is 0 Å². The van der Waals surface area contributed by atoms with E-state index in [-0.39, 0.29) is 11.0 Å². The van der Waals surface area contributed by atoms with E-state index < -0.39 is 5.82 Å². The fourth-order valence-corrected chi connectivity index (χ4v) is 1.05. The molecule has 2 nitrogen and oxygen atoms in total. The highest BCUT2D eigenvalue weighted by molar-refractivity contribution is 9.10. The van der Waals surface area contributed by atoms with Gasteiger partial charge in [0, 0.05) is 11.8 Å². The molecule has 1 aromatic heterocycles. The van der Waals surface area contributed by atoms with Crippen LogP contribution in [0.25, 0.3) is 0 Å². The Morgan fingerprint density at radius 1 is 1.73 bits per heavy atom. The van der Waals surface area contributed by atoms with Gasteiger partial charge in [-0.2, -0.15) is 5.26 Å². The second-order valence-corrected chi connectivity index (χ2v) is 2.66. The standard InChI is InChI=1S/C7H4BrFN2/c8-7-6(9)5(1-3-10)2-4-11-7/h2,4H,1H2. The van der Waals surface area contributed by atoms with Crippen LogP contribution >= 0.6 is 15.9 Å². The van der Waals surface area contributed by atoms with Crippen LogP contribution in [0.4, 0.5) is 4.39 Å². The minimum Gasteiger partial charge on any atom is -0.246 e. The first-order valence-electron chi connectivity index (χ1n) is 2.91. The first-order chi connectivity index (χ1) is 5.25. The van der Waals surface area contributed by atoms with Crippen LogP contribution in [-0.4, -0.2) is 4.98 Å². The third-order valence-electron chi connectivity index (χ3n) is 1.20. The van der Waals surface area contributed by atoms with Crippen LogP contribution in [0.2, 0.25) is 0 Å². The number of hydrogen-bond donors (Lipinski definition) is 0. The Kier molecular flexibility index (Phi) is 2.55. The number of halogens is 2. The third kappa shape index (κ3) is 1.75. The largest absolute Gasteiger partial charge is 0.246 e. The van der Waals surface area contributed by atoms with Crippen molar-refractivity contribution in [2.75, 3.05) is 0 Å². The summed E-state index contributed by atoms with van der Waals surface area (Å²) < 4.78 is 13.1. The van der Waals surface area contributed by atoms with E-state index in [1.807, 2.05) is 6.07 Å². The molecule has 1 rings (SSSR count). The van der Waals surface area contributed by atoms with Crippen molar-refractivity contribution in [3.05, 3.63) is 28.2 Å². The predicted molar refractivity (Wildman–Crippen MR) is 41.2 cm³/mol. The second kappa shape index (κ2) is 3.44. The molecule has 0 bridgehead atoms. The fraction of sp³-hybridized carbons (Fsp3) is 0.143. The van der Waals surface area contributed by atoms with Crippen molar-refractivity contribution < 1.29 is 4.39 Å². The number of rotatable bonds is 1. The summed E-state index contributed by atoms with van der Waals surface area (Å²) in [6.45, 7) is 0. The molecule has 0 saturated heterocycles. The lowest BCUT2D eigenvalue weighted by Crippen LogP contribution is -1.91. The molecule has 0 unspecified atom stereocenters. The lowest BCUT2D eigenvalue weighted by atomic mass is 10.2. The molecule has 0 saturated carbocycles. The molecule has 0 fully saturated rings. The average Bonchev–Trinajstić information content (AvgIpc) is 1.99. The van der Waals surface area contributed by atoms with Crippen molar-refractivity contribution in [2.45, 2.75) is 6.42 Å². The first-order valence-corrected chi connectivity index (χ1v) is 3.71. The van der Waals surface area contributed by atoms with Crippen LogP contribution in [0.5, 0.6) is 0 Å². The van der Waals surface area contributed by atoms with Gasteiger partial charge in [-0.3, -0.25) is 0 Å². The van der Waals surface area contributed by atoms with Crippen LogP contribution in [0, 0.1) is 17.1 Å². The summed E-state index contributed by atoms with van der Waals surface area (Å²) in [7, 11) is 0. The molecular formula is C7H4BrFN2. The van der Waals surface area contributed by atoms with E-state index in [0.717, 1.165) is 0 Å². The van der Waals surface area contributed by atoms with E-state index in [0.29, 0.717) is 5.56 Å². The summed E-state index contributed by atoms with van der Waals surface area (Å²) in [6.07, 6.45) is 1.53. The van der Waals surface area contributed by atoms with Gasteiger partial charge in [-0.1, -0.05) is 0 Å². The highest BCUT2D eigenvalue weighted by Gasteiger charge is 2.05. The molecular weight excluding hydrogens is 211 g/mol. The highest BCUT2D eigenvalue weighted by atomic mass is 79.9. The van der Waals surface area contributed by atoms with Gasteiger partial charge in [0.2, 0.25) is 0 Å². The normalized spacial score (nSPS) is 9.18. The van der Waals surface area contributed by atoms with Crippen molar-refractivity contribution in [3.8, 4) is 6.07 Å². The number of pyridine rings is 1. The lowest BCUT2D eigenvalue weighted by molar-refractivity contribution is 0.600. The molecule has 1 heterocycles.